The molecule has 2 aromatic rings. The van der Waals surface area contributed by atoms with E-state index in [0.717, 1.165) is 23.4 Å². The Labute approximate surface area is 126 Å². The molecule has 0 saturated carbocycles. The standard InChI is InChI=1S/C18H23FN2/c1-5-15-9-12(2)10-17(16(15)11-20-19)21-18-13(3)7-6-8-14(18)4/h6-10,20-21H,5,11H2,1-4H3. The summed E-state index contributed by atoms with van der Waals surface area (Å²) in [5.41, 5.74) is 9.61. The molecule has 0 radical (unpaired) electrons. The van der Waals surface area contributed by atoms with E-state index in [9.17, 15) is 4.48 Å². The van der Waals surface area contributed by atoms with Crippen molar-refractivity contribution in [1.29, 1.82) is 0 Å². The van der Waals surface area contributed by atoms with Gasteiger partial charge in [0.25, 0.3) is 0 Å². The van der Waals surface area contributed by atoms with Gasteiger partial charge in [0.1, 0.15) is 0 Å². The summed E-state index contributed by atoms with van der Waals surface area (Å²) in [7, 11) is 0. The van der Waals surface area contributed by atoms with Crippen molar-refractivity contribution in [1.82, 2.24) is 5.54 Å². The van der Waals surface area contributed by atoms with Crippen molar-refractivity contribution in [3.05, 3.63) is 58.1 Å². The molecule has 21 heavy (non-hydrogen) atoms. The molecule has 0 saturated heterocycles. The fourth-order valence-electron chi connectivity index (χ4n) is 2.74. The Morgan fingerprint density at radius 1 is 1.05 bits per heavy atom. The minimum absolute atomic E-state index is 0.219. The zero-order valence-electron chi connectivity index (χ0n) is 13.2. The molecular weight excluding hydrogens is 263 g/mol. The van der Waals surface area contributed by atoms with Crippen molar-refractivity contribution in [2.24, 2.45) is 0 Å². The van der Waals surface area contributed by atoms with Crippen LogP contribution in [0.5, 0.6) is 0 Å². The highest BCUT2D eigenvalue weighted by Gasteiger charge is 2.11. The van der Waals surface area contributed by atoms with E-state index < -0.39 is 0 Å². The van der Waals surface area contributed by atoms with Gasteiger partial charge in [-0.15, -0.1) is 4.48 Å². The van der Waals surface area contributed by atoms with Gasteiger partial charge >= 0.3 is 0 Å². The maximum atomic E-state index is 12.7. The molecule has 0 atom stereocenters. The van der Waals surface area contributed by atoms with Crippen LogP contribution in [0.4, 0.5) is 15.9 Å². The Kier molecular flexibility index (Phi) is 4.97. The second-order valence-corrected chi connectivity index (χ2v) is 5.51. The molecule has 0 unspecified atom stereocenters. The monoisotopic (exact) mass is 286 g/mol. The van der Waals surface area contributed by atoms with Gasteiger partial charge in [-0.2, -0.15) is 5.54 Å². The molecule has 0 aliphatic carbocycles. The van der Waals surface area contributed by atoms with Gasteiger partial charge in [0.05, 0.1) is 6.54 Å². The van der Waals surface area contributed by atoms with Crippen molar-refractivity contribution in [3.63, 3.8) is 0 Å². The molecule has 0 spiro atoms. The quantitative estimate of drug-likeness (QED) is 0.764. The van der Waals surface area contributed by atoms with Crippen LogP contribution >= 0.6 is 0 Å². The van der Waals surface area contributed by atoms with Gasteiger partial charge in [-0.05, 0) is 61.1 Å². The summed E-state index contributed by atoms with van der Waals surface area (Å²) in [4.78, 5) is 0. The van der Waals surface area contributed by atoms with E-state index in [-0.39, 0.29) is 6.54 Å². The fraction of sp³-hybridized carbons (Fsp3) is 0.333. The van der Waals surface area contributed by atoms with Crippen LogP contribution < -0.4 is 10.9 Å². The first-order valence-corrected chi connectivity index (χ1v) is 7.36. The van der Waals surface area contributed by atoms with Crippen LogP contribution in [0.3, 0.4) is 0 Å². The summed E-state index contributed by atoms with van der Waals surface area (Å²) in [5.74, 6) is 0. The van der Waals surface area contributed by atoms with E-state index in [0.29, 0.717) is 0 Å². The van der Waals surface area contributed by atoms with E-state index >= 15 is 0 Å². The second-order valence-electron chi connectivity index (χ2n) is 5.51. The normalized spacial score (nSPS) is 10.7. The van der Waals surface area contributed by atoms with Gasteiger partial charge in [0.15, 0.2) is 0 Å². The summed E-state index contributed by atoms with van der Waals surface area (Å²) in [6.45, 7) is 8.55. The maximum Gasteiger partial charge on any atom is 0.0533 e. The Morgan fingerprint density at radius 3 is 2.29 bits per heavy atom. The zero-order chi connectivity index (χ0) is 15.4. The number of halogens is 1. The van der Waals surface area contributed by atoms with Crippen molar-refractivity contribution < 1.29 is 4.48 Å². The second kappa shape index (κ2) is 6.72. The number of aryl methyl sites for hydroxylation is 4. The fourth-order valence-corrected chi connectivity index (χ4v) is 2.74. The lowest BCUT2D eigenvalue weighted by Gasteiger charge is -2.19. The van der Waals surface area contributed by atoms with Gasteiger partial charge in [0, 0.05) is 11.4 Å². The average molecular weight is 286 g/mol. The van der Waals surface area contributed by atoms with Gasteiger partial charge in [-0.3, -0.25) is 0 Å². The molecule has 2 aromatic carbocycles. The van der Waals surface area contributed by atoms with Gasteiger partial charge in [-0.25, -0.2) is 0 Å². The van der Waals surface area contributed by atoms with Gasteiger partial charge < -0.3 is 5.32 Å². The predicted molar refractivity (Wildman–Crippen MR) is 87.7 cm³/mol. The molecule has 0 fully saturated rings. The van der Waals surface area contributed by atoms with Crippen LogP contribution in [0.2, 0.25) is 0 Å². The summed E-state index contributed by atoms with van der Waals surface area (Å²) < 4.78 is 12.7. The van der Waals surface area contributed by atoms with Crippen LogP contribution in [-0.4, -0.2) is 0 Å². The van der Waals surface area contributed by atoms with Crippen molar-refractivity contribution in [2.45, 2.75) is 40.7 Å². The maximum absolute atomic E-state index is 12.7. The summed E-state index contributed by atoms with van der Waals surface area (Å²) in [6.07, 6.45) is 0.889. The molecule has 2 nitrogen and oxygen atoms in total. The Morgan fingerprint density at radius 2 is 1.71 bits per heavy atom. The minimum atomic E-state index is 0.219. The minimum Gasteiger partial charge on any atom is -0.355 e. The molecule has 3 heteroatoms. The van der Waals surface area contributed by atoms with Crippen LogP contribution in [0.15, 0.2) is 30.3 Å². The highest BCUT2D eigenvalue weighted by molar-refractivity contribution is 5.70. The van der Waals surface area contributed by atoms with Crippen molar-refractivity contribution in [2.75, 3.05) is 5.32 Å². The van der Waals surface area contributed by atoms with Crippen molar-refractivity contribution >= 4 is 11.4 Å². The van der Waals surface area contributed by atoms with Gasteiger partial charge in [0.2, 0.25) is 0 Å². The lowest BCUT2D eigenvalue weighted by Crippen LogP contribution is -2.09. The Bertz CT molecular complexity index is 615. The average Bonchev–Trinajstić information content (AvgIpc) is 2.45. The van der Waals surface area contributed by atoms with E-state index in [1.54, 1.807) is 5.54 Å². The number of hydrogen-bond acceptors (Lipinski definition) is 2. The molecular formula is C18H23FN2. The number of hydrogen-bond donors (Lipinski definition) is 2. The van der Waals surface area contributed by atoms with E-state index in [1.807, 2.05) is 6.07 Å². The molecule has 0 aliphatic rings. The first kappa shape index (κ1) is 15.5. The van der Waals surface area contributed by atoms with E-state index in [1.165, 1.54) is 22.3 Å². The number of nitrogens with one attached hydrogen (secondary N) is 2. The molecule has 112 valence electrons. The summed E-state index contributed by atoms with van der Waals surface area (Å²) in [6, 6.07) is 10.4. The van der Waals surface area contributed by atoms with Crippen molar-refractivity contribution in [3.8, 4) is 0 Å². The molecule has 2 N–H and O–H groups in total. The highest BCUT2D eigenvalue weighted by atomic mass is 19.2. The molecule has 0 aromatic heterocycles. The zero-order valence-corrected chi connectivity index (χ0v) is 13.2. The third kappa shape index (κ3) is 3.42. The third-order valence-corrected chi connectivity index (χ3v) is 3.85. The molecule has 0 aliphatic heterocycles. The summed E-state index contributed by atoms with van der Waals surface area (Å²) >= 11 is 0. The smallest absolute Gasteiger partial charge is 0.0533 e. The summed E-state index contributed by atoms with van der Waals surface area (Å²) in [5, 5.41) is 3.50. The van der Waals surface area contributed by atoms with Crippen LogP contribution in [-0.2, 0) is 13.0 Å². The Balaban J connectivity index is 2.50. The Hall–Kier alpha value is -1.87. The number of para-hydroxylation sites is 1. The van der Waals surface area contributed by atoms with Gasteiger partial charge in [-0.1, -0.05) is 31.2 Å². The van der Waals surface area contributed by atoms with E-state index in [2.05, 4.69) is 57.3 Å². The van der Waals surface area contributed by atoms with E-state index in [4.69, 9.17) is 0 Å². The largest absolute Gasteiger partial charge is 0.355 e. The highest BCUT2D eigenvalue weighted by Crippen LogP contribution is 2.29. The first-order chi connectivity index (χ1) is 10.1. The molecule has 0 bridgehead atoms. The molecule has 0 amide bonds. The lowest BCUT2D eigenvalue weighted by molar-refractivity contribution is 0.330. The number of rotatable bonds is 5. The molecule has 0 heterocycles. The molecule has 2 rings (SSSR count). The van der Waals surface area contributed by atoms with Crippen LogP contribution in [0, 0.1) is 20.8 Å². The SMILES string of the molecule is CCc1cc(C)cc(Nc2c(C)cccc2C)c1CNF. The van der Waals surface area contributed by atoms with Crippen LogP contribution in [0.25, 0.3) is 0 Å². The first-order valence-electron chi connectivity index (χ1n) is 7.36. The third-order valence-electron chi connectivity index (χ3n) is 3.85. The lowest BCUT2D eigenvalue weighted by atomic mass is 9.99. The predicted octanol–water partition coefficient (Wildman–Crippen LogP) is 4.89. The number of anilines is 2. The topological polar surface area (TPSA) is 24.1 Å². The number of benzene rings is 2. The van der Waals surface area contributed by atoms with Crippen LogP contribution in [0.1, 0.15) is 34.7 Å².